The molecule has 0 saturated carbocycles. The van der Waals surface area contributed by atoms with Crippen molar-refractivity contribution < 1.29 is 9.53 Å². The molecule has 2 heterocycles. The molecule has 0 unspecified atom stereocenters. The lowest BCUT2D eigenvalue weighted by molar-refractivity contribution is -0.131. The Hall–Kier alpha value is -1.62. The summed E-state index contributed by atoms with van der Waals surface area (Å²) < 4.78 is 5.81. The monoisotopic (exact) mass is 319 g/mol. The SMILES string of the molecule is Cc1cnc(OCC(C)(C)C(=O)N[C@@H]2CN(C)C[C@H]2C)c(C)c1. The minimum Gasteiger partial charge on any atom is -0.476 e. The Labute approximate surface area is 139 Å². The van der Waals surface area contributed by atoms with Crippen LogP contribution in [0.5, 0.6) is 5.88 Å². The zero-order chi connectivity index (χ0) is 17.2. The summed E-state index contributed by atoms with van der Waals surface area (Å²) in [6.07, 6.45) is 1.78. The Bertz CT molecular complexity index is 571. The van der Waals surface area contributed by atoms with Crippen molar-refractivity contribution in [1.82, 2.24) is 15.2 Å². The maximum absolute atomic E-state index is 12.6. The smallest absolute Gasteiger partial charge is 0.229 e. The molecule has 5 heteroatoms. The fourth-order valence-corrected chi connectivity index (χ4v) is 2.93. The Morgan fingerprint density at radius 3 is 2.70 bits per heavy atom. The first-order valence-electron chi connectivity index (χ1n) is 8.24. The molecule has 0 aromatic carbocycles. The summed E-state index contributed by atoms with van der Waals surface area (Å²) in [6, 6.07) is 2.25. The molecule has 1 aromatic rings. The number of aromatic nitrogens is 1. The molecule has 0 aliphatic carbocycles. The number of likely N-dealkylation sites (tertiary alicyclic amines) is 1. The van der Waals surface area contributed by atoms with E-state index in [0.717, 1.165) is 24.2 Å². The average Bonchev–Trinajstić information content (AvgIpc) is 2.75. The van der Waals surface area contributed by atoms with E-state index in [1.807, 2.05) is 33.8 Å². The fourth-order valence-electron chi connectivity index (χ4n) is 2.93. The summed E-state index contributed by atoms with van der Waals surface area (Å²) in [4.78, 5) is 19.2. The van der Waals surface area contributed by atoms with Gasteiger partial charge in [-0.3, -0.25) is 4.79 Å². The summed E-state index contributed by atoms with van der Waals surface area (Å²) in [5, 5.41) is 3.18. The third-order valence-electron chi connectivity index (χ3n) is 4.46. The van der Waals surface area contributed by atoms with Gasteiger partial charge in [-0.2, -0.15) is 0 Å². The van der Waals surface area contributed by atoms with Crippen LogP contribution >= 0.6 is 0 Å². The van der Waals surface area contributed by atoms with Gasteiger partial charge in [-0.1, -0.05) is 6.92 Å². The molecule has 23 heavy (non-hydrogen) atoms. The van der Waals surface area contributed by atoms with E-state index in [1.54, 1.807) is 6.20 Å². The van der Waals surface area contributed by atoms with Crippen molar-refractivity contribution in [1.29, 1.82) is 0 Å². The number of carbonyl (C=O) groups is 1. The number of nitrogens with one attached hydrogen (secondary N) is 1. The highest BCUT2D eigenvalue weighted by Crippen LogP contribution is 2.22. The number of amides is 1. The van der Waals surface area contributed by atoms with E-state index in [1.165, 1.54) is 0 Å². The second-order valence-corrected chi connectivity index (χ2v) is 7.59. The standard InChI is InChI=1S/C18H29N3O2/c1-12-7-13(2)16(19-8-12)23-11-18(4,5)17(22)20-15-10-21(6)9-14(15)3/h7-8,14-15H,9-11H2,1-6H3,(H,20,22)/t14-,15-/m1/s1. The molecule has 1 N–H and O–H groups in total. The van der Waals surface area contributed by atoms with Gasteiger partial charge in [0.25, 0.3) is 0 Å². The Morgan fingerprint density at radius 1 is 1.43 bits per heavy atom. The minimum absolute atomic E-state index is 0.0365. The van der Waals surface area contributed by atoms with E-state index in [0.29, 0.717) is 18.4 Å². The fraction of sp³-hybridized carbons (Fsp3) is 0.667. The van der Waals surface area contributed by atoms with Gasteiger partial charge in [-0.05, 0) is 52.3 Å². The van der Waals surface area contributed by atoms with Crippen LogP contribution in [0.25, 0.3) is 0 Å². The molecule has 1 aliphatic heterocycles. The number of pyridine rings is 1. The summed E-state index contributed by atoms with van der Waals surface area (Å²) in [5.41, 5.74) is 1.50. The lowest BCUT2D eigenvalue weighted by Gasteiger charge is -2.27. The van der Waals surface area contributed by atoms with Crippen LogP contribution in [-0.4, -0.2) is 48.6 Å². The van der Waals surface area contributed by atoms with E-state index in [4.69, 9.17) is 4.74 Å². The minimum atomic E-state index is -0.597. The topological polar surface area (TPSA) is 54.5 Å². The molecular weight excluding hydrogens is 290 g/mol. The summed E-state index contributed by atoms with van der Waals surface area (Å²) >= 11 is 0. The van der Waals surface area contributed by atoms with E-state index in [-0.39, 0.29) is 11.9 Å². The maximum atomic E-state index is 12.6. The molecule has 5 nitrogen and oxygen atoms in total. The molecule has 0 bridgehead atoms. The van der Waals surface area contributed by atoms with Crippen LogP contribution in [0.4, 0.5) is 0 Å². The van der Waals surface area contributed by atoms with Crippen molar-refractivity contribution in [3.8, 4) is 5.88 Å². The van der Waals surface area contributed by atoms with E-state index in [9.17, 15) is 4.79 Å². The largest absolute Gasteiger partial charge is 0.476 e. The number of hydrogen-bond acceptors (Lipinski definition) is 4. The predicted molar refractivity (Wildman–Crippen MR) is 91.6 cm³/mol. The average molecular weight is 319 g/mol. The number of aryl methyl sites for hydroxylation is 2. The summed E-state index contributed by atoms with van der Waals surface area (Å²) in [6.45, 7) is 12.2. The van der Waals surface area contributed by atoms with Gasteiger partial charge >= 0.3 is 0 Å². The Morgan fingerprint density at radius 2 is 2.13 bits per heavy atom. The van der Waals surface area contributed by atoms with Crippen LogP contribution in [0.1, 0.15) is 31.9 Å². The number of ether oxygens (including phenoxy) is 1. The number of nitrogens with zero attached hydrogens (tertiary/aromatic N) is 2. The number of rotatable bonds is 5. The van der Waals surface area contributed by atoms with Crippen molar-refractivity contribution in [3.63, 3.8) is 0 Å². The highest BCUT2D eigenvalue weighted by Gasteiger charge is 2.34. The number of likely N-dealkylation sites (N-methyl/N-ethyl adjacent to an activating group) is 1. The highest BCUT2D eigenvalue weighted by atomic mass is 16.5. The molecule has 0 radical (unpaired) electrons. The second kappa shape index (κ2) is 6.87. The van der Waals surface area contributed by atoms with E-state index in [2.05, 4.69) is 29.2 Å². The van der Waals surface area contributed by atoms with Gasteiger partial charge in [-0.15, -0.1) is 0 Å². The molecule has 0 spiro atoms. The van der Waals surface area contributed by atoms with Gasteiger partial charge in [0.05, 0.1) is 5.41 Å². The Balaban J connectivity index is 1.93. The lowest BCUT2D eigenvalue weighted by atomic mass is 9.92. The van der Waals surface area contributed by atoms with Crippen molar-refractivity contribution in [2.45, 2.75) is 40.7 Å². The first-order valence-corrected chi connectivity index (χ1v) is 8.24. The maximum Gasteiger partial charge on any atom is 0.229 e. The van der Waals surface area contributed by atoms with Crippen LogP contribution < -0.4 is 10.1 Å². The highest BCUT2D eigenvalue weighted by molar-refractivity contribution is 5.82. The van der Waals surface area contributed by atoms with Gasteiger partial charge in [0.15, 0.2) is 0 Å². The number of hydrogen-bond donors (Lipinski definition) is 1. The normalized spacial score (nSPS) is 22.2. The molecule has 1 fully saturated rings. The van der Waals surface area contributed by atoms with Gasteiger partial charge in [-0.25, -0.2) is 4.98 Å². The molecule has 2 rings (SSSR count). The van der Waals surface area contributed by atoms with E-state index >= 15 is 0 Å². The quantitative estimate of drug-likeness (QED) is 0.904. The van der Waals surface area contributed by atoms with E-state index < -0.39 is 5.41 Å². The molecule has 2 atom stereocenters. The van der Waals surface area contributed by atoms with Gasteiger partial charge in [0, 0.05) is 30.9 Å². The first-order chi connectivity index (χ1) is 10.7. The molecule has 128 valence electrons. The van der Waals surface area contributed by atoms with Crippen LogP contribution in [0, 0.1) is 25.2 Å². The van der Waals surface area contributed by atoms with Crippen molar-refractivity contribution in [2.75, 3.05) is 26.7 Å². The van der Waals surface area contributed by atoms with Crippen LogP contribution in [0.15, 0.2) is 12.3 Å². The Kier molecular flexibility index (Phi) is 5.30. The lowest BCUT2D eigenvalue weighted by Crippen LogP contribution is -2.48. The zero-order valence-corrected chi connectivity index (χ0v) is 15.1. The number of carbonyl (C=O) groups excluding carboxylic acids is 1. The van der Waals surface area contributed by atoms with Crippen LogP contribution in [0.3, 0.4) is 0 Å². The molecule has 1 aromatic heterocycles. The van der Waals surface area contributed by atoms with Gasteiger partial charge < -0.3 is 15.0 Å². The van der Waals surface area contributed by atoms with Crippen LogP contribution in [0.2, 0.25) is 0 Å². The summed E-state index contributed by atoms with van der Waals surface area (Å²) in [5.74, 6) is 1.11. The molecule has 1 amide bonds. The summed E-state index contributed by atoms with van der Waals surface area (Å²) in [7, 11) is 2.09. The van der Waals surface area contributed by atoms with Crippen molar-refractivity contribution >= 4 is 5.91 Å². The van der Waals surface area contributed by atoms with Crippen molar-refractivity contribution in [3.05, 3.63) is 23.4 Å². The van der Waals surface area contributed by atoms with Gasteiger partial charge in [0.1, 0.15) is 6.61 Å². The molecule has 1 aliphatic rings. The zero-order valence-electron chi connectivity index (χ0n) is 15.1. The van der Waals surface area contributed by atoms with Gasteiger partial charge in [0.2, 0.25) is 11.8 Å². The molecular formula is C18H29N3O2. The van der Waals surface area contributed by atoms with Crippen molar-refractivity contribution in [2.24, 2.45) is 11.3 Å². The molecule has 1 saturated heterocycles. The third kappa shape index (κ3) is 4.44. The second-order valence-electron chi connectivity index (χ2n) is 7.59. The van der Waals surface area contributed by atoms with Crippen LogP contribution in [-0.2, 0) is 4.79 Å². The third-order valence-corrected chi connectivity index (χ3v) is 4.46. The predicted octanol–water partition coefficient (Wildman–Crippen LogP) is 2.17. The first kappa shape index (κ1) is 17.7.